The van der Waals surface area contributed by atoms with Gasteiger partial charge >= 0.3 is 0 Å². The molecule has 0 radical (unpaired) electrons. The lowest BCUT2D eigenvalue weighted by molar-refractivity contribution is 0.0952. The molecule has 9 heteroatoms. The summed E-state index contributed by atoms with van der Waals surface area (Å²) in [6.45, 7) is 3.79. The smallest absolute Gasteiger partial charge is 0.251 e. The number of rotatable bonds is 8. The Morgan fingerprint density at radius 3 is 2.87 bits per heavy atom. The minimum atomic E-state index is -3.71. The highest BCUT2D eigenvalue weighted by Crippen LogP contribution is 2.16. The summed E-state index contributed by atoms with van der Waals surface area (Å²) in [4.78, 5) is 17.2. The Bertz CT molecular complexity index is 1180. The number of nitrogens with one attached hydrogen (secondary N) is 2. The van der Waals surface area contributed by atoms with Gasteiger partial charge in [-0.2, -0.15) is 0 Å². The van der Waals surface area contributed by atoms with Crippen LogP contribution >= 0.6 is 0 Å². The number of benzene rings is 2. The Morgan fingerprint density at radius 2 is 2.06 bits per heavy atom. The minimum Gasteiger partial charge on any atom is -0.377 e. The second-order valence-electron chi connectivity index (χ2n) is 7.57. The number of fused-ring (bicyclic) bond motifs is 1. The fraction of sp³-hybridized carbons (Fsp3) is 0.364. The number of ether oxygens (including phenoxy) is 1. The van der Waals surface area contributed by atoms with E-state index in [1.54, 1.807) is 12.1 Å². The average molecular weight is 443 g/mol. The predicted octanol–water partition coefficient (Wildman–Crippen LogP) is 2.23. The Hall–Kier alpha value is -2.75. The Labute approximate surface area is 181 Å². The van der Waals surface area contributed by atoms with Crippen molar-refractivity contribution >= 4 is 27.0 Å². The van der Waals surface area contributed by atoms with Crippen LogP contribution in [0.2, 0.25) is 0 Å². The Balaban J connectivity index is 1.38. The van der Waals surface area contributed by atoms with Gasteiger partial charge in [-0.25, -0.2) is 18.1 Å². The lowest BCUT2D eigenvalue weighted by Crippen LogP contribution is -2.32. The normalized spacial score (nSPS) is 16.6. The number of hydrogen-bond donors (Lipinski definition) is 2. The van der Waals surface area contributed by atoms with Crippen molar-refractivity contribution in [1.82, 2.24) is 19.6 Å². The number of sulfonamides is 1. The summed E-state index contributed by atoms with van der Waals surface area (Å²) in [7, 11) is -3.71. The molecule has 31 heavy (non-hydrogen) atoms. The molecule has 0 unspecified atom stereocenters. The number of carbonyl (C=O) groups is 1. The highest BCUT2D eigenvalue weighted by molar-refractivity contribution is 7.89. The van der Waals surface area contributed by atoms with Gasteiger partial charge in [-0.05, 0) is 50.1 Å². The van der Waals surface area contributed by atoms with Crippen molar-refractivity contribution in [2.75, 3.05) is 19.7 Å². The molecule has 2 aromatic carbocycles. The maximum absolute atomic E-state index is 12.6. The molecule has 2 heterocycles. The molecule has 1 aliphatic rings. The van der Waals surface area contributed by atoms with Crippen molar-refractivity contribution < 1.29 is 17.9 Å². The van der Waals surface area contributed by atoms with E-state index in [2.05, 4.69) is 15.0 Å². The van der Waals surface area contributed by atoms with Gasteiger partial charge in [0.1, 0.15) is 5.82 Å². The van der Waals surface area contributed by atoms with E-state index in [4.69, 9.17) is 4.74 Å². The highest BCUT2D eigenvalue weighted by Gasteiger charge is 2.21. The molecule has 1 atom stereocenters. The van der Waals surface area contributed by atoms with Crippen LogP contribution in [0.1, 0.15) is 29.0 Å². The Kier molecular flexibility index (Phi) is 6.35. The average Bonchev–Trinajstić information content (AvgIpc) is 3.40. The molecule has 0 aliphatic carbocycles. The summed E-state index contributed by atoms with van der Waals surface area (Å²) in [6, 6.07) is 13.9. The first-order valence-electron chi connectivity index (χ1n) is 10.4. The number of aromatic nitrogens is 2. The zero-order chi connectivity index (χ0) is 21.8. The summed E-state index contributed by atoms with van der Waals surface area (Å²) >= 11 is 0. The summed E-state index contributed by atoms with van der Waals surface area (Å²) in [6.07, 6.45) is 1.69. The quantitative estimate of drug-likeness (QED) is 0.557. The summed E-state index contributed by atoms with van der Waals surface area (Å²) in [5, 5.41) is 2.86. The third kappa shape index (κ3) is 4.95. The summed E-state index contributed by atoms with van der Waals surface area (Å²) in [5.41, 5.74) is 2.23. The molecule has 1 fully saturated rings. The molecule has 2 N–H and O–H groups in total. The summed E-state index contributed by atoms with van der Waals surface area (Å²) in [5.74, 6) is 0.555. The molecular weight excluding hydrogens is 416 g/mol. The number of hydrogen-bond acceptors (Lipinski definition) is 5. The van der Waals surface area contributed by atoms with Gasteiger partial charge < -0.3 is 14.6 Å². The van der Waals surface area contributed by atoms with Crippen molar-refractivity contribution in [3.63, 3.8) is 0 Å². The third-order valence-corrected chi connectivity index (χ3v) is 6.82. The highest BCUT2D eigenvalue weighted by atomic mass is 32.2. The van der Waals surface area contributed by atoms with Crippen molar-refractivity contribution in [3.05, 3.63) is 59.9 Å². The second kappa shape index (κ2) is 9.17. The molecule has 0 bridgehead atoms. The maximum atomic E-state index is 12.6. The maximum Gasteiger partial charge on any atom is 0.251 e. The van der Waals surface area contributed by atoms with E-state index in [9.17, 15) is 13.2 Å². The number of aryl methyl sites for hydroxylation is 1. The van der Waals surface area contributed by atoms with Crippen LogP contribution in [0.25, 0.3) is 11.0 Å². The first-order valence-corrected chi connectivity index (χ1v) is 11.8. The fourth-order valence-electron chi connectivity index (χ4n) is 3.76. The molecule has 1 saturated heterocycles. The number of carbonyl (C=O) groups excluding carboxylic acids is 1. The van der Waals surface area contributed by atoms with E-state index in [-0.39, 0.29) is 23.5 Å². The van der Waals surface area contributed by atoms with Gasteiger partial charge in [0, 0.05) is 31.8 Å². The van der Waals surface area contributed by atoms with Gasteiger partial charge in [-0.15, -0.1) is 0 Å². The second-order valence-corrected chi connectivity index (χ2v) is 9.34. The zero-order valence-corrected chi connectivity index (χ0v) is 18.2. The number of amides is 1. The van der Waals surface area contributed by atoms with Gasteiger partial charge in [-0.3, -0.25) is 4.79 Å². The van der Waals surface area contributed by atoms with Crippen LogP contribution in [-0.2, 0) is 21.3 Å². The predicted molar refractivity (Wildman–Crippen MR) is 117 cm³/mol. The van der Waals surface area contributed by atoms with Gasteiger partial charge in [0.15, 0.2) is 0 Å². The number of para-hydroxylation sites is 2. The molecule has 0 spiro atoms. The van der Waals surface area contributed by atoms with Crippen LogP contribution in [0.3, 0.4) is 0 Å². The zero-order valence-electron chi connectivity index (χ0n) is 17.4. The standard InChI is InChI=1S/C22H26N4O4S/c1-16-25-20-9-2-3-10-21(20)26(16)12-11-23-22(27)17-6-4-8-19(14-17)31(28,29)24-15-18-7-5-13-30-18/h2-4,6,8-10,14,18,24H,5,7,11-13,15H2,1H3,(H,23,27)/t18-/m1/s1. The van der Waals surface area contributed by atoms with E-state index in [0.29, 0.717) is 25.3 Å². The molecule has 1 amide bonds. The van der Waals surface area contributed by atoms with Crippen molar-refractivity contribution in [3.8, 4) is 0 Å². The van der Waals surface area contributed by atoms with Crippen molar-refractivity contribution in [2.45, 2.75) is 37.3 Å². The van der Waals surface area contributed by atoms with E-state index < -0.39 is 10.0 Å². The topological polar surface area (TPSA) is 102 Å². The van der Waals surface area contributed by atoms with Crippen LogP contribution in [-0.4, -0.2) is 49.7 Å². The van der Waals surface area contributed by atoms with Crippen LogP contribution < -0.4 is 10.0 Å². The number of nitrogens with zero attached hydrogens (tertiary/aromatic N) is 2. The fourth-order valence-corrected chi connectivity index (χ4v) is 4.87. The largest absolute Gasteiger partial charge is 0.377 e. The molecule has 1 aliphatic heterocycles. The Morgan fingerprint density at radius 1 is 1.23 bits per heavy atom. The third-order valence-electron chi connectivity index (χ3n) is 5.40. The molecule has 0 saturated carbocycles. The number of imidazole rings is 1. The first kappa shape index (κ1) is 21.5. The van der Waals surface area contributed by atoms with Gasteiger partial charge in [0.25, 0.3) is 5.91 Å². The molecular formula is C22H26N4O4S. The molecule has 8 nitrogen and oxygen atoms in total. The van der Waals surface area contributed by atoms with Gasteiger partial charge in [0.2, 0.25) is 10.0 Å². The van der Waals surface area contributed by atoms with Gasteiger partial charge in [-0.1, -0.05) is 18.2 Å². The lowest BCUT2D eigenvalue weighted by Gasteiger charge is -2.12. The van der Waals surface area contributed by atoms with Crippen molar-refractivity contribution in [1.29, 1.82) is 0 Å². The van der Waals surface area contributed by atoms with E-state index in [1.165, 1.54) is 12.1 Å². The van der Waals surface area contributed by atoms with Crippen LogP contribution in [0.15, 0.2) is 53.4 Å². The molecule has 3 aromatic rings. The molecule has 1 aromatic heterocycles. The van der Waals surface area contributed by atoms with Crippen LogP contribution in [0.4, 0.5) is 0 Å². The monoisotopic (exact) mass is 442 g/mol. The van der Waals surface area contributed by atoms with Gasteiger partial charge in [0.05, 0.1) is 22.0 Å². The SMILES string of the molecule is Cc1nc2ccccc2n1CCNC(=O)c1cccc(S(=O)(=O)NC[C@H]2CCCO2)c1. The van der Waals surface area contributed by atoms with E-state index in [0.717, 1.165) is 29.7 Å². The minimum absolute atomic E-state index is 0.0644. The van der Waals surface area contributed by atoms with Crippen LogP contribution in [0, 0.1) is 6.92 Å². The molecule has 164 valence electrons. The van der Waals surface area contributed by atoms with Crippen molar-refractivity contribution in [2.24, 2.45) is 0 Å². The van der Waals surface area contributed by atoms with Crippen LogP contribution in [0.5, 0.6) is 0 Å². The molecule has 4 rings (SSSR count). The first-order chi connectivity index (χ1) is 14.9. The van der Waals surface area contributed by atoms with E-state index in [1.807, 2.05) is 35.8 Å². The van der Waals surface area contributed by atoms with E-state index >= 15 is 0 Å². The summed E-state index contributed by atoms with van der Waals surface area (Å²) < 4.78 is 35.3. The lowest BCUT2D eigenvalue weighted by atomic mass is 10.2.